The van der Waals surface area contributed by atoms with Crippen molar-refractivity contribution in [2.45, 2.75) is 62.8 Å². The third-order valence-electron chi connectivity index (χ3n) is 6.22. The van der Waals surface area contributed by atoms with E-state index < -0.39 is 57.1 Å². The van der Waals surface area contributed by atoms with E-state index in [0.717, 1.165) is 29.5 Å². The van der Waals surface area contributed by atoms with Gasteiger partial charge >= 0.3 is 12.4 Å². The summed E-state index contributed by atoms with van der Waals surface area (Å²) in [7, 11) is -4.49. The van der Waals surface area contributed by atoms with Crippen LogP contribution in [0.2, 0.25) is 0 Å². The number of amides is 1. The number of benzene rings is 2. The van der Waals surface area contributed by atoms with E-state index in [0.29, 0.717) is 16.1 Å². The van der Waals surface area contributed by atoms with Gasteiger partial charge in [0.15, 0.2) is 6.61 Å². The van der Waals surface area contributed by atoms with Crippen LogP contribution in [0.3, 0.4) is 0 Å². The molecule has 1 aliphatic rings. The lowest BCUT2D eigenvalue weighted by Crippen LogP contribution is -2.35. The third kappa shape index (κ3) is 7.87. The van der Waals surface area contributed by atoms with Gasteiger partial charge in [-0.3, -0.25) is 9.52 Å². The largest absolute Gasteiger partial charge is 0.493 e. The van der Waals surface area contributed by atoms with Crippen LogP contribution in [0.4, 0.5) is 31.5 Å². The highest BCUT2D eigenvalue weighted by Gasteiger charge is 2.34. The molecule has 2 N–H and O–H groups in total. The third-order valence-corrected chi connectivity index (χ3v) is 8.85. The Bertz CT molecular complexity index is 1610. The van der Waals surface area contributed by atoms with E-state index in [1.165, 1.54) is 12.1 Å². The van der Waals surface area contributed by atoms with Gasteiger partial charge in [0, 0.05) is 12.0 Å². The highest BCUT2D eigenvalue weighted by atomic mass is 32.2. The Morgan fingerprint density at radius 1 is 1.02 bits per heavy atom. The number of fused-ring (bicyclic) bond motifs is 1. The average Bonchev–Trinajstić information content (AvgIpc) is 3.52. The second kappa shape index (κ2) is 12.2. The molecule has 234 valence electrons. The number of rotatable bonds is 10. The van der Waals surface area contributed by atoms with E-state index in [1.807, 2.05) is 13.8 Å². The molecule has 3 aromatic rings. The van der Waals surface area contributed by atoms with E-state index in [1.54, 1.807) is 6.92 Å². The summed E-state index contributed by atoms with van der Waals surface area (Å²) in [6.07, 6.45) is -9.23. The minimum atomic E-state index is -4.75. The normalized spacial score (nSPS) is 15.3. The quantitative estimate of drug-likeness (QED) is 0.269. The summed E-state index contributed by atoms with van der Waals surface area (Å²) in [5.74, 6) is -1.61. The SMILES string of the molecule is CCOc1cc(C(F)(F)F)ccc1C(=O)NC1Cc2cc(OCC(F)(F)F)c(S(=O)(=O)Nc3nnc(C(C)C)s3)cc2C1. The molecule has 0 radical (unpaired) electrons. The first-order valence-electron chi connectivity index (χ1n) is 12.8. The zero-order valence-corrected chi connectivity index (χ0v) is 24.5. The van der Waals surface area contributed by atoms with Crippen LogP contribution in [0.25, 0.3) is 0 Å². The minimum Gasteiger partial charge on any atom is -0.493 e. The number of ether oxygens (including phenoxy) is 2. The van der Waals surface area contributed by atoms with Crippen LogP contribution in [0.1, 0.15) is 58.7 Å². The van der Waals surface area contributed by atoms with Crippen molar-refractivity contribution in [1.82, 2.24) is 15.5 Å². The predicted molar refractivity (Wildman–Crippen MR) is 144 cm³/mol. The first kappa shape index (κ1) is 32.3. The summed E-state index contributed by atoms with van der Waals surface area (Å²) in [6, 6.07) is 4.14. The molecule has 4 rings (SSSR count). The van der Waals surface area contributed by atoms with Crippen molar-refractivity contribution in [1.29, 1.82) is 0 Å². The van der Waals surface area contributed by atoms with Crippen molar-refractivity contribution in [3.05, 3.63) is 57.6 Å². The Kier molecular flexibility index (Phi) is 9.16. The maximum atomic E-state index is 13.3. The monoisotopic (exact) mass is 652 g/mol. The summed E-state index contributed by atoms with van der Waals surface area (Å²) >= 11 is 0.970. The van der Waals surface area contributed by atoms with Gasteiger partial charge < -0.3 is 14.8 Å². The number of nitrogens with zero attached hydrogens (tertiary/aromatic N) is 2. The molecule has 0 aliphatic heterocycles. The van der Waals surface area contributed by atoms with Crippen molar-refractivity contribution < 1.29 is 49.0 Å². The molecule has 17 heteroatoms. The minimum absolute atomic E-state index is 0.00170. The van der Waals surface area contributed by atoms with Crippen molar-refractivity contribution in [3.8, 4) is 11.5 Å². The van der Waals surface area contributed by atoms with Crippen LogP contribution < -0.4 is 19.5 Å². The second-order valence-corrected chi connectivity index (χ2v) is 12.6. The Morgan fingerprint density at radius 3 is 2.28 bits per heavy atom. The number of aromatic nitrogens is 2. The van der Waals surface area contributed by atoms with Gasteiger partial charge in [0.1, 0.15) is 21.4 Å². The van der Waals surface area contributed by atoms with Gasteiger partial charge in [-0.1, -0.05) is 25.2 Å². The molecule has 1 heterocycles. The van der Waals surface area contributed by atoms with Crippen LogP contribution in [-0.2, 0) is 29.0 Å². The van der Waals surface area contributed by atoms with Crippen molar-refractivity contribution in [2.24, 2.45) is 0 Å². The fraction of sp³-hybridized carbons (Fsp3) is 0.423. The van der Waals surface area contributed by atoms with E-state index in [-0.39, 0.29) is 41.8 Å². The maximum absolute atomic E-state index is 13.3. The summed E-state index contributed by atoms with van der Waals surface area (Å²) < 4.78 is 117. The number of alkyl halides is 6. The molecule has 2 aromatic carbocycles. The number of anilines is 1. The van der Waals surface area contributed by atoms with Gasteiger partial charge in [0.25, 0.3) is 15.9 Å². The average molecular weight is 653 g/mol. The summed E-state index contributed by atoms with van der Waals surface area (Å²) in [4.78, 5) is 12.5. The van der Waals surface area contributed by atoms with Gasteiger partial charge in [0.2, 0.25) is 5.13 Å². The molecule has 0 saturated heterocycles. The van der Waals surface area contributed by atoms with E-state index in [4.69, 9.17) is 9.47 Å². The lowest BCUT2D eigenvalue weighted by atomic mass is 10.1. The Hall–Kier alpha value is -3.60. The summed E-state index contributed by atoms with van der Waals surface area (Å²) in [6.45, 7) is 3.44. The molecule has 1 amide bonds. The first-order chi connectivity index (χ1) is 20.0. The Morgan fingerprint density at radius 2 is 1.70 bits per heavy atom. The highest BCUT2D eigenvalue weighted by Crippen LogP contribution is 2.37. The molecule has 0 saturated carbocycles. The van der Waals surface area contributed by atoms with E-state index >= 15 is 0 Å². The molecule has 0 fully saturated rings. The van der Waals surface area contributed by atoms with Crippen LogP contribution >= 0.6 is 11.3 Å². The van der Waals surface area contributed by atoms with Gasteiger partial charge in [-0.15, -0.1) is 10.2 Å². The summed E-state index contributed by atoms with van der Waals surface area (Å²) in [5.41, 5.74) is -0.298. The molecule has 1 atom stereocenters. The molecule has 1 aromatic heterocycles. The molecular formula is C26H26F6N4O5S2. The topological polar surface area (TPSA) is 120 Å². The van der Waals surface area contributed by atoms with Crippen molar-refractivity contribution in [3.63, 3.8) is 0 Å². The van der Waals surface area contributed by atoms with Gasteiger partial charge in [-0.05, 0) is 61.2 Å². The lowest BCUT2D eigenvalue weighted by Gasteiger charge is -2.16. The predicted octanol–water partition coefficient (Wildman–Crippen LogP) is 5.72. The van der Waals surface area contributed by atoms with E-state index in [2.05, 4.69) is 20.2 Å². The molecule has 9 nitrogen and oxygen atoms in total. The lowest BCUT2D eigenvalue weighted by molar-refractivity contribution is -0.153. The number of nitrogens with one attached hydrogen (secondary N) is 2. The number of carbonyl (C=O) groups excluding carboxylic acids is 1. The Labute approximate surface area is 246 Å². The molecule has 0 bridgehead atoms. The standard InChI is InChI=1S/C26H26F6N4O5S2/c1-4-40-19-11-16(26(30,31)32)5-6-18(19)22(37)33-17-7-14-9-20(41-12-25(27,28)29)21(10-15(14)8-17)43(38,39)36-24-35-34-23(42-24)13(2)3/h5-6,9-11,13,17H,4,7-8,12H2,1-3H3,(H,33,37)(H,35,36). The smallest absolute Gasteiger partial charge is 0.422 e. The fourth-order valence-corrected chi connectivity index (χ4v) is 6.47. The van der Waals surface area contributed by atoms with Crippen molar-refractivity contribution >= 4 is 32.4 Å². The van der Waals surface area contributed by atoms with Gasteiger partial charge in [0.05, 0.1) is 17.7 Å². The number of hydrogen-bond donors (Lipinski definition) is 2. The van der Waals surface area contributed by atoms with Crippen LogP contribution in [-0.4, -0.2) is 50.0 Å². The molecule has 0 spiro atoms. The highest BCUT2D eigenvalue weighted by molar-refractivity contribution is 7.93. The number of carbonyl (C=O) groups is 1. The number of hydrogen-bond acceptors (Lipinski definition) is 8. The fourth-order valence-electron chi connectivity index (χ4n) is 4.32. The first-order valence-corrected chi connectivity index (χ1v) is 15.1. The molecular weight excluding hydrogens is 626 g/mol. The van der Waals surface area contributed by atoms with Gasteiger partial charge in [-0.2, -0.15) is 26.3 Å². The summed E-state index contributed by atoms with van der Waals surface area (Å²) in [5, 5.41) is 10.8. The van der Waals surface area contributed by atoms with Gasteiger partial charge in [-0.25, -0.2) is 8.42 Å². The zero-order chi connectivity index (χ0) is 31.7. The van der Waals surface area contributed by atoms with Crippen LogP contribution in [0.5, 0.6) is 11.5 Å². The Balaban J connectivity index is 1.60. The molecule has 1 unspecified atom stereocenters. The molecule has 1 aliphatic carbocycles. The molecule has 43 heavy (non-hydrogen) atoms. The number of halogens is 6. The van der Waals surface area contributed by atoms with Crippen molar-refractivity contribution in [2.75, 3.05) is 17.9 Å². The zero-order valence-electron chi connectivity index (χ0n) is 22.9. The maximum Gasteiger partial charge on any atom is 0.422 e. The van der Waals surface area contributed by atoms with Crippen LogP contribution in [0, 0.1) is 0 Å². The van der Waals surface area contributed by atoms with E-state index in [9.17, 15) is 39.6 Å². The second-order valence-electron chi connectivity index (χ2n) is 9.90. The number of sulfonamides is 1. The van der Waals surface area contributed by atoms with Crippen LogP contribution in [0.15, 0.2) is 35.2 Å².